The zero-order valence-corrected chi connectivity index (χ0v) is 22.2. The Morgan fingerprint density at radius 1 is 0.725 bits per heavy atom. The summed E-state index contributed by atoms with van der Waals surface area (Å²) in [5.41, 5.74) is 9.01. The summed E-state index contributed by atoms with van der Waals surface area (Å²) >= 11 is 0. The third-order valence-corrected chi connectivity index (χ3v) is 7.59. The van der Waals surface area contributed by atoms with E-state index in [2.05, 4.69) is 133 Å². The zero-order chi connectivity index (χ0) is 27.1. The number of nitrogens with one attached hydrogen (secondary N) is 1. The molecule has 0 aliphatic rings. The molecule has 7 aromatic rings. The van der Waals surface area contributed by atoms with Crippen molar-refractivity contribution in [2.45, 2.75) is 13.0 Å². The number of rotatable bonds is 7. The van der Waals surface area contributed by atoms with Crippen LogP contribution in [0.3, 0.4) is 0 Å². The molecule has 40 heavy (non-hydrogen) atoms. The molecule has 194 valence electrons. The fourth-order valence-corrected chi connectivity index (χ4v) is 5.80. The molecule has 0 saturated carbocycles. The quantitative estimate of drug-likeness (QED) is 0.227. The minimum atomic E-state index is 0.734. The second kappa shape index (κ2) is 9.91. The first-order chi connectivity index (χ1) is 19.8. The Morgan fingerprint density at radius 3 is 1.98 bits per heavy atom. The normalized spacial score (nSPS) is 11.5. The van der Waals surface area contributed by atoms with E-state index in [0.717, 1.165) is 63.2 Å². The van der Waals surface area contributed by atoms with Gasteiger partial charge < -0.3 is 5.32 Å². The van der Waals surface area contributed by atoms with E-state index in [4.69, 9.17) is 0 Å². The Hall–Kier alpha value is -5.07. The number of hydrogen-bond acceptors (Lipinski definition) is 4. The summed E-state index contributed by atoms with van der Waals surface area (Å²) in [7, 11) is 1.96. The molecule has 3 aromatic heterocycles. The molecule has 3 heterocycles. The van der Waals surface area contributed by atoms with Crippen molar-refractivity contribution >= 4 is 45.4 Å². The van der Waals surface area contributed by atoms with Gasteiger partial charge in [-0.25, -0.2) is 15.0 Å². The molecule has 6 nitrogen and oxygen atoms in total. The Kier molecular flexibility index (Phi) is 5.95. The lowest BCUT2D eigenvalue weighted by molar-refractivity contribution is 0.821. The van der Waals surface area contributed by atoms with E-state index >= 15 is 0 Å². The Morgan fingerprint density at radius 2 is 1.32 bits per heavy atom. The second-order valence-electron chi connectivity index (χ2n) is 9.97. The third kappa shape index (κ3) is 3.89. The molecule has 4 aromatic carbocycles. The smallest absolute Gasteiger partial charge is 0.148 e. The average molecular weight is 521 g/mol. The standard InChI is InChI=1S/C34H28N6/c1-35-20-29-27-7-3-5-9-31(27)39(33(29)36-2)25-15-11-23(12-16-25)19-24-13-17-26(18-14-24)40-32-10-6-4-8-28(32)30-21-37-22-38-34(30)40/h3-18,21-22,35H,2,19-20H2,1H3. The largest absolute Gasteiger partial charge is 0.316 e. The topological polar surface area (TPSA) is 60.0 Å². The van der Waals surface area contributed by atoms with E-state index in [1.807, 2.05) is 13.2 Å². The van der Waals surface area contributed by atoms with E-state index < -0.39 is 0 Å². The minimum absolute atomic E-state index is 0.734. The summed E-state index contributed by atoms with van der Waals surface area (Å²) in [4.78, 5) is 13.3. The third-order valence-electron chi connectivity index (χ3n) is 7.59. The zero-order valence-electron chi connectivity index (χ0n) is 22.2. The van der Waals surface area contributed by atoms with Gasteiger partial charge in [0.2, 0.25) is 0 Å². The summed E-state index contributed by atoms with van der Waals surface area (Å²) < 4.78 is 4.41. The van der Waals surface area contributed by atoms with Crippen LogP contribution >= 0.6 is 0 Å². The van der Waals surface area contributed by atoms with Crippen molar-refractivity contribution in [3.63, 3.8) is 0 Å². The lowest BCUT2D eigenvalue weighted by atomic mass is 10.0. The van der Waals surface area contributed by atoms with Crippen molar-refractivity contribution in [1.29, 1.82) is 0 Å². The van der Waals surface area contributed by atoms with Crippen LogP contribution in [0.5, 0.6) is 0 Å². The van der Waals surface area contributed by atoms with Crippen molar-refractivity contribution in [2.75, 3.05) is 7.05 Å². The van der Waals surface area contributed by atoms with Crippen LogP contribution in [0.4, 0.5) is 5.82 Å². The van der Waals surface area contributed by atoms with Crippen molar-refractivity contribution in [1.82, 2.24) is 24.4 Å². The minimum Gasteiger partial charge on any atom is -0.316 e. The highest BCUT2D eigenvalue weighted by molar-refractivity contribution is 6.07. The highest BCUT2D eigenvalue weighted by Crippen LogP contribution is 2.35. The molecule has 0 aliphatic heterocycles. The molecule has 0 unspecified atom stereocenters. The Bertz CT molecular complexity index is 1940. The van der Waals surface area contributed by atoms with Crippen molar-refractivity contribution in [3.05, 3.63) is 126 Å². The van der Waals surface area contributed by atoms with Crippen molar-refractivity contribution < 1.29 is 0 Å². The summed E-state index contributed by atoms with van der Waals surface area (Å²) in [5.74, 6) is 0.884. The highest BCUT2D eigenvalue weighted by Gasteiger charge is 2.17. The van der Waals surface area contributed by atoms with Gasteiger partial charge in [-0.15, -0.1) is 0 Å². The highest BCUT2D eigenvalue weighted by atomic mass is 15.1. The first kappa shape index (κ1) is 24.0. The summed E-state index contributed by atoms with van der Waals surface area (Å²) in [6.45, 7) is 4.61. The van der Waals surface area contributed by atoms with Crippen LogP contribution in [0.25, 0.3) is 44.2 Å². The van der Waals surface area contributed by atoms with Gasteiger partial charge in [-0.2, -0.15) is 0 Å². The van der Waals surface area contributed by atoms with Crippen LogP contribution in [0.1, 0.15) is 16.7 Å². The van der Waals surface area contributed by atoms with Gasteiger partial charge >= 0.3 is 0 Å². The predicted molar refractivity (Wildman–Crippen MR) is 164 cm³/mol. The molecule has 0 amide bonds. The van der Waals surface area contributed by atoms with Crippen molar-refractivity contribution in [2.24, 2.45) is 4.99 Å². The Balaban J connectivity index is 1.19. The molecule has 0 saturated heterocycles. The van der Waals surface area contributed by atoms with E-state index in [1.165, 1.54) is 16.5 Å². The second-order valence-corrected chi connectivity index (χ2v) is 9.97. The number of fused-ring (bicyclic) bond motifs is 4. The van der Waals surface area contributed by atoms with E-state index in [-0.39, 0.29) is 0 Å². The van der Waals surface area contributed by atoms with Gasteiger partial charge in [-0.3, -0.25) is 9.13 Å². The van der Waals surface area contributed by atoms with Crippen molar-refractivity contribution in [3.8, 4) is 11.4 Å². The monoisotopic (exact) mass is 520 g/mol. The predicted octanol–water partition coefficient (Wildman–Crippen LogP) is 7.16. The fourth-order valence-electron chi connectivity index (χ4n) is 5.80. The maximum absolute atomic E-state index is 4.60. The molecule has 0 atom stereocenters. The van der Waals surface area contributed by atoms with E-state index in [0.29, 0.717) is 0 Å². The van der Waals surface area contributed by atoms with Gasteiger partial charge in [-0.05, 0) is 67.7 Å². The van der Waals surface area contributed by atoms with Crippen LogP contribution in [0, 0.1) is 0 Å². The molecule has 0 bridgehead atoms. The molecule has 0 spiro atoms. The molecule has 1 N–H and O–H groups in total. The first-order valence-electron chi connectivity index (χ1n) is 13.4. The van der Waals surface area contributed by atoms with Crippen LogP contribution in [0.15, 0.2) is 115 Å². The summed E-state index contributed by atoms with van der Waals surface area (Å²) in [6.07, 6.45) is 4.35. The van der Waals surface area contributed by atoms with Crippen LogP contribution in [0.2, 0.25) is 0 Å². The van der Waals surface area contributed by atoms with E-state index in [1.54, 1.807) is 6.33 Å². The maximum Gasteiger partial charge on any atom is 0.148 e. The van der Waals surface area contributed by atoms with Gasteiger partial charge in [0.1, 0.15) is 17.8 Å². The van der Waals surface area contributed by atoms with Crippen LogP contribution in [-0.4, -0.2) is 32.9 Å². The van der Waals surface area contributed by atoms with Gasteiger partial charge in [0.15, 0.2) is 0 Å². The van der Waals surface area contributed by atoms with Gasteiger partial charge in [0, 0.05) is 45.8 Å². The SMILES string of the molecule is C=Nc1c(CNC)c2ccccc2n1-c1ccc(Cc2ccc(-n3c4ccccc4c4cncnc43)cc2)cc1. The number of benzene rings is 4. The molecular weight excluding hydrogens is 492 g/mol. The molecule has 6 heteroatoms. The average Bonchev–Trinajstić information content (AvgIpc) is 3.51. The molecule has 0 aliphatic carbocycles. The van der Waals surface area contributed by atoms with Gasteiger partial charge in [-0.1, -0.05) is 60.7 Å². The first-order valence-corrected chi connectivity index (χ1v) is 13.4. The van der Waals surface area contributed by atoms with Crippen LogP contribution < -0.4 is 5.32 Å². The van der Waals surface area contributed by atoms with Gasteiger partial charge in [0.05, 0.1) is 11.0 Å². The Labute approximate surface area is 232 Å². The summed E-state index contributed by atoms with van der Waals surface area (Å²) in [5, 5.41) is 6.68. The molecule has 7 rings (SSSR count). The fraction of sp³-hybridized carbons (Fsp3) is 0.0882. The molecule has 0 radical (unpaired) electrons. The number of para-hydroxylation sites is 2. The lowest BCUT2D eigenvalue weighted by Crippen LogP contribution is -2.05. The molecular formula is C34H28N6. The lowest BCUT2D eigenvalue weighted by Gasteiger charge is -2.11. The number of aliphatic imine (C=N–C) groups is 1. The van der Waals surface area contributed by atoms with Gasteiger partial charge in [0.25, 0.3) is 0 Å². The maximum atomic E-state index is 4.60. The summed E-state index contributed by atoms with van der Waals surface area (Å²) in [6, 6.07) is 34.3. The van der Waals surface area contributed by atoms with E-state index in [9.17, 15) is 0 Å². The number of hydrogen-bond donors (Lipinski definition) is 1. The van der Waals surface area contributed by atoms with Crippen LogP contribution in [-0.2, 0) is 13.0 Å². The number of aromatic nitrogens is 4. The number of nitrogens with zero attached hydrogens (tertiary/aromatic N) is 5. The molecule has 0 fully saturated rings.